The lowest BCUT2D eigenvalue weighted by atomic mass is 10.2. The van der Waals surface area contributed by atoms with Crippen molar-refractivity contribution in [3.63, 3.8) is 0 Å². The molecule has 146 valence electrons. The average Bonchev–Trinajstić information content (AvgIpc) is 2.94. The number of aliphatic hydroxyl groups is 1. The van der Waals surface area contributed by atoms with Gasteiger partial charge in [0.15, 0.2) is 5.76 Å². The Kier molecular flexibility index (Phi) is 7.19. The Morgan fingerprint density at radius 2 is 2.15 bits per heavy atom. The molecule has 0 bridgehead atoms. The van der Waals surface area contributed by atoms with Gasteiger partial charge in [0.25, 0.3) is 0 Å². The van der Waals surface area contributed by atoms with E-state index in [-0.39, 0.29) is 13.2 Å². The number of hydrogen-bond acceptors (Lipinski definition) is 9. The highest BCUT2D eigenvalue weighted by Crippen LogP contribution is 2.29. The number of aromatic nitrogens is 2. The summed E-state index contributed by atoms with van der Waals surface area (Å²) in [5.74, 6) is 1.28. The Hall–Kier alpha value is -2.59. The molecule has 10 heteroatoms. The molecule has 0 fully saturated rings. The highest BCUT2D eigenvalue weighted by atomic mass is 32.2. The molecule has 9 nitrogen and oxygen atoms in total. The number of aliphatic hydroxyl groups excluding tert-OH is 1. The van der Waals surface area contributed by atoms with E-state index >= 15 is 0 Å². The number of thioether (sulfide) groups is 1. The molecule has 0 unspecified atom stereocenters. The van der Waals surface area contributed by atoms with E-state index in [1.54, 1.807) is 27.0 Å². The van der Waals surface area contributed by atoms with E-state index < -0.39 is 5.82 Å². The second-order valence-corrected chi connectivity index (χ2v) is 6.84. The van der Waals surface area contributed by atoms with Crippen molar-refractivity contribution < 1.29 is 18.7 Å². The number of hydrogen-bond donors (Lipinski definition) is 2. The molecule has 2 heterocycles. The van der Waals surface area contributed by atoms with Crippen LogP contribution in [0.15, 0.2) is 30.4 Å². The Morgan fingerprint density at radius 1 is 1.41 bits per heavy atom. The highest BCUT2D eigenvalue weighted by Gasteiger charge is 2.16. The fraction of sp³-hybridized carbons (Fsp3) is 0.412. The maximum atomic E-state index is 11.6. The van der Waals surface area contributed by atoms with Gasteiger partial charge in [-0.3, -0.25) is 4.79 Å². The Labute approximate surface area is 160 Å². The lowest BCUT2D eigenvalue weighted by Gasteiger charge is -2.22. The quantitative estimate of drug-likeness (QED) is 0.609. The molecule has 27 heavy (non-hydrogen) atoms. The van der Waals surface area contributed by atoms with Crippen LogP contribution in [0.2, 0.25) is 0 Å². The summed E-state index contributed by atoms with van der Waals surface area (Å²) in [5, 5.41) is 9.37. The van der Waals surface area contributed by atoms with Gasteiger partial charge in [-0.25, -0.2) is 14.8 Å². The van der Waals surface area contributed by atoms with E-state index in [1.807, 2.05) is 0 Å². The van der Waals surface area contributed by atoms with Crippen LogP contribution in [-0.2, 0) is 17.1 Å². The molecule has 2 aromatic rings. The fourth-order valence-electron chi connectivity index (χ4n) is 2.33. The van der Waals surface area contributed by atoms with Gasteiger partial charge in [-0.05, 0) is 20.8 Å². The smallest absolute Gasteiger partial charge is 0.396 e. The largest absolute Gasteiger partial charge is 0.519 e. The van der Waals surface area contributed by atoms with Crippen molar-refractivity contribution in [3.05, 3.63) is 50.3 Å². The summed E-state index contributed by atoms with van der Waals surface area (Å²) in [6.07, 6.45) is 2.63. The molecule has 0 aliphatic heterocycles. The average molecular weight is 394 g/mol. The Balaban J connectivity index is 2.22. The molecule has 0 saturated carbocycles. The van der Waals surface area contributed by atoms with Crippen LogP contribution in [0.1, 0.15) is 36.3 Å². The number of allylic oxidation sites excluding steroid dienone is 1. The van der Waals surface area contributed by atoms with Crippen LogP contribution < -0.4 is 11.6 Å². The topological polar surface area (TPSA) is 136 Å². The number of anilines is 1. The van der Waals surface area contributed by atoms with E-state index in [2.05, 4.69) is 9.97 Å². The summed E-state index contributed by atoms with van der Waals surface area (Å²) in [6.45, 7) is 5.26. The number of aryl methyl sites for hydroxylation is 2. The third kappa shape index (κ3) is 5.44. The van der Waals surface area contributed by atoms with Gasteiger partial charge in [-0.1, -0.05) is 0 Å². The molecule has 1 amide bonds. The first kappa shape index (κ1) is 20.7. The molecule has 0 aromatic carbocycles. The van der Waals surface area contributed by atoms with E-state index in [0.29, 0.717) is 53.0 Å². The summed E-state index contributed by atoms with van der Waals surface area (Å²) in [4.78, 5) is 33.2. The zero-order valence-corrected chi connectivity index (χ0v) is 16.2. The zero-order valence-electron chi connectivity index (χ0n) is 15.4. The van der Waals surface area contributed by atoms with Crippen molar-refractivity contribution in [2.24, 2.45) is 0 Å². The van der Waals surface area contributed by atoms with Gasteiger partial charge in [0.1, 0.15) is 17.4 Å². The number of nitrogens with two attached hydrogens (primary N) is 1. The molecule has 0 atom stereocenters. The lowest BCUT2D eigenvalue weighted by Crippen LogP contribution is -2.22. The fourth-order valence-corrected chi connectivity index (χ4v) is 3.46. The first-order valence-electron chi connectivity index (χ1n) is 8.18. The maximum absolute atomic E-state index is 11.6. The minimum atomic E-state index is -0.753. The number of nitrogen functional groups attached to an aromatic ring is 1. The van der Waals surface area contributed by atoms with E-state index in [1.165, 1.54) is 16.7 Å². The van der Waals surface area contributed by atoms with Gasteiger partial charge in [0.05, 0.1) is 12.3 Å². The molecule has 0 radical (unpaired) electrons. The number of nitrogens with zero attached hydrogens (tertiary/aromatic N) is 3. The first-order chi connectivity index (χ1) is 12.8. The molecule has 0 aliphatic carbocycles. The van der Waals surface area contributed by atoms with Crippen LogP contribution >= 0.6 is 11.8 Å². The van der Waals surface area contributed by atoms with Gasteiger partial charge >= 0.3 is 5.82 Å². The molecular formula is C17H22N4O5S. The van der Waals surface area contributed by atoms with Crippen molar-refractivity contribution in [2.75, 3.05) is 12.3 Å². The molecule has 3 N–H and O–H groups in total. The number of rotatable bonds is 9. The van der Waals surface area contributed by atoms with Crippen LogP contribution in [0.5, 0.6) is 0 Å². The Morgan fingerprint density at radius 3 is 2.70 bits per heavy atom. The van der Waals surface area contributed by atoms with Crippen LogP contribution in [-0.4, -0.2) is 33.0 Å². The second-order valence-electron chi connectivity index (χ2n) is 5.77. The van der Waals surface area contributed by atoms with Crippen LogP contribution in [0.3, 0.4) is 0 Å². The highest BCUT2D eigenvalue weighted by molar-refractivity contribution is 8.02. The molecule has 2 aromatic heterocycles. The minimum absolute atomic E-state index is 0.0868. The summed E-state index contributed by atoms with van der Waals surface area (Å²) >= 11 is 1.36. The molecule has 0 aliphatic rings. The predicted molar refractivity (Wildman–Crippen MR) is 100 cm³/mol. The van der Waals surface area contributed by atoms with Crippen molar-refractivity contribution in [3.8, 4) is 0 Å². The van der Waals surface area contributed by atoms with E-state index in [4.69, 9.17) is 14.6 Å². The third-order valence-electron chi connectivity index (χ3n) is 3.87. The van der Waals surface area contributed by atoms with Crippen LogP contribution in [0.25, 0.3) is 0 Å². The Bertz CT molecular complexity index is 890. The zero-order chi connectivity index (χ0) is 20.0. The summed E-state index contributed by atoms with van der Waals surface area (Å²) in [6, 6.07) is 0. The summed E-state index contributed by atoms with van der Waals surface area (Å²) in [7, 11) is 0. The molecule has 0 saturated heterocycles. The van der Waals surface area contributed by atoms with Gasteiger partial charge in [-0.2, -0.15) is 0 Å². The third-order valence-corrected chi connectivity index (χ3v) is 5.13. The number of amides is 1. The van der Waals surface area contributed by atoms with Gasteiger partial charge in [0.2, 0.25) is 6.41 Å². The lowest BCUT2D eigenvalue weighted by molar-refractivity contribution is -0.116. The van der Waals surface area contributed by atoms with Crippen LogP contribution in [0.4, 0.5) is 5.82 Å². The van der Waals surface area contributed by atoms with Gasteiger partial charge < -0.3 is 24.6 Å². The van der Waals surface area contributed by atoms with Crippen LogP contribution in [0, 0.1) is 13.8 Å². The minimum Gasteiger partial charge on any atom is -0.396 e. The normalized spacial score (nSPS) is 12.0. The second kappa shape index (κ2) is 9.38. The summed E-state index contributed by atoms with van der Waals surface area (Å²) < 4.78 is 9.83. The van der Waals surface area contributed by atoms with Gasteiger partial charge in [-0.15, -0.1) is 11.8 Å². The summed E-state index contributed by atoms with van der Waals surface area (Å²) in [5.41, 5.74) is 7.19. The standard InChI is InChI=1S/C17H22N4O5S/c1-10(21(9-23)7-13-6-19-12(3)20-16(13)18)15(4-5-22)27-8-14-11(2)25-17(24)26-14/h6,9,22H,4-5,7-8H2,1-3H3,(H2,18,19,20)/b15-10+. The van der Waals surface area contributed by atoms with E-state index in [9.17, 15) is 14.7 Å². The predicted octanol–water partition coefficient (Wildman–Crippen LogP) is 1.73. The number of carbonyl (C=O) groups is 1. The van der Waals surface area contributed by atoms with Gasteiger partial charge in [0, 0.05) is 35.4 Å². The SMILES string of the molecule is C/C(=C(/CCO)SCc1oc(=O)oc1C)N(C=O)Cc1cnc(C)nc1N. The monoisotopic (exact) mass is 394 g/mol. The van der Waals surface area contributed by atoms with Crippen molar-refractivity contribution in [1.29, 1.82) is 0 Å². The molecular weight excluding hydrogens is 372 g/mol. The van der Waals surface area contributed by atoms with Crippen molar-refractivity contribution in [1.82, 2.24) is 14.9 Å². The van der Waals surface area contributed by atoms with Crippen molar-refractivity contribution >= 4 is 24.0 Å². The molecule has 2 rings (SSSR count). The van der Waals surface area contributed by atoms with Crippen molar-refractivity contribution in [2.45, 2.75) is 39.5 Å². The van der Waals surface area contributed by atoms with E-state index in [0.717, 1.165) is 4.91 Å². The first-order valence-corrected chi connectivity index (χ1v) is 9.17. The maximum Gasteiger partial charge on any atom is 0.519 e. The molecule has 0 spiro atoms. The number of carbonyl (C=O) groups excluding carboxylic acids is 1.